The highest BCUT2D eigenvalue weighted by atomic mass is 16.1. The molecular weight excluding hydrogens is 232 g/mol. The Morgan fingerprint density at radius 2 is 1.00 bits per heavy atom. The molecule has 0 N–H and O–H groups in total. The molecule has 0 heterocycles. The van der Waals surface area contributed by atoms with Gasteiger partial charge in [-0.1, -0.05) is 13.8 Å². The molecule has 0 aliphatic heterocycles. The predicted octanol–water partition coefficient (Wildman–Crippen LogP) is 2.14. The summed E-state index contributed by atoms with van der Waals surface area (Å²) in [5, 5.41) is 0. The molecule has 102 valence electrons. The van der Waals surface area contributed by atoms with Gasteiger partial charge in [-0.2, -0.15) is 0 Å². The molecule has 0 aromatic heterocycles. The molecule has 4 nitrogen and oxygen atoms in total. The maximum Gasteiger partial charge on any atom is 0.136 e. The Bertz CT molecular complexity index is 310. The van der Waals surface area contributed by atoms with Gasteiger partial charge in [0.25, 0.3) is 0 Å². The van der Waals surface area contributed by atoms with Crippen LogP contribution >= 0.6 is 0 Å². The molecule has 0 aromatic rings. The van der Waals surface area contributed by atoms with Crippen molar-refractivity contribution in [2.24, 2.45) is 11.8 Å². The van der Waals surface area contributed by atoms with Crippen LogP contribution in [0, 0.1) is 11.8 Å². The molecule has 0 saturated carbocycles. The Morgan fingerprint density at radius 1 is 0.722 bits per heavy atom. The van der Waals surface area contributed by atoms with Gasteiger partial charge in [-0.3, -0.25) is 9.59 Å². The van der Waals surface area contributed by atoms with E-state index in [1.54, 1.807) is 13.8 Å². The summed E-state index contributed by atoms with van der Waals surface area (Å²) in [6, 6.07) is 0. The minimum atomic E-state index is -0.321. The molecule has 18 heavy (non-hydrogen) atoms. The number of Topliss-reactive ketones (excluding diaryl/α,β-unsaturated/α-hetero) is 4. The van der Waals surface area contributed by atoms with E-state index in [2.05, 4.69) is 0 Å². The van der Waals surface area contributed by atoms with E-state index in [4.69, 9.17) is 0 Å². The average molecular weight is 254 g/mol. The number of hydrogen-bond donors (Lipinski definition) is 0. The minimum Gasteiger partial charge on any atom is -0.300 e. The monoisotopic (exact) mass is 254 g/mol. The van der Waals surface area contributed by atoms with Gasteiger partial charge in [0.15, 0.2) is 0 Å². The van der Waals surface area contributed by atoms with Crippen LogP contribution in [0.15, 0.2) is 0 Å². The molecule has 0 spiro atoms. The number of rotatable bonds is 9. The van der Waals surface area contributed by atoms with Gasteiger partial charge in [0.1, 0.15) is 23.1 Å². The standard InChI is InChI=1S/C14H22O4/c1-9(7-11(3)15)13(17)5-6-14(18)10(2)8-12(4)16/h9-10H,5-8H2,1-4H3. The second kappa shape index (κ2) is 7.90. The van der Waals surface area contributed by atoms with Crippen LogP contribution in [0.25, 0.3) is 0 Å². The molecule has 0 aromatic carbocycles. The maximum absolute atomic E-state index is 11.7. The van der Waals surface area contributed by atoms with Gasteiger partial charge >= 0.3 is 0 Å². The average Bonchev–Trinajstić information content (AvgIpc) is 2.23. The SMILES string of the molecule is CC(=O)CC(C)C(=O)CCC(=O)C(C)CC(C)=O. The van der Waals surface area contributed by atoms with Crippen LogP contribution < -0.4 is 0 Å². The van der Waals surface area contributed by atoms with Gasteiger partial charge in [0, 0.05) is 37.5 Å². The van der Waals surface area contributed by atoms with Gasteiger partial charge < -0.3 is 9.59 Å². The smallest absolute Gasteiger partial charge is 0.136 e. The first kappa shape index (κ1) is 16.7. The van der Waals surface area contributed by atoms with Crippen LogP contribution in [-0.2, 0) is 19.2 Å². The van der Waals surface area contributed by atoms with E-state index in [9.17, 15) is 19.2 Å². The van der Waals surface area contributed by atoms with Crippen molar-refractivity contribution in [3.05, 3.63) is 0 Å². The third-order valence-electron chi connectivity index (χ3n) is 2.90. The summed E-state index contributed by atoms with van der Waals surface area (Å²) < 4.78 is 0. The molecule has 0 saturated heterocycles. The van der Waals surface area contributed by atoms with Crippen molar-refractivity contribution in [3.8, 4) is 0 Å². The van der Waals surface area contributed by atoms with Crippen molar-refractivity contribution in [1.29, 1.82) is 0 Å². The maximum atomic E-state index is 11.7. The summed E-state index contributed by atoms with van der Waals surface area (Å²) in [7, 11) is 0. The lowest BCUT2D eigenvalue weighted by atomic mass is 9.92. The molecule has 2 atom stereocenters. The second-order valence-electron chi connectivity index (χ2n) is 5.05. The third-order valence-corrected chi connectivity index (χ3v) is 2.90. The van der Waals surface area contributed by atoms with Gasteiger partial charge in [-0.15, -0.1) is 0 Å². The van der Waals surface area contributed by atoms with Crippen molar-refractivity contribution < 1.29 is 19.2 Å². The summed E-state index contributed by atoms with van der Waals surface area (Å²) in [5.41, 5.74) is 0. The lowest BCUT2D eigenvalue weighted by molar-refractivity contribution is -0.130. The molecule has 0 aliphatic carbocycles. The Balaban J connectivity index is 4.08. The summed E-state index contributed by atoms with van der Waals surface area (Å²) in [5.74, 6) is -0.807. The van der Waals surface area contributed by atoms with Crippen molar-refractivity contribution in [2.45, 2.75) is 53.4 Å². The fraction of sp³-hybridized carbons (Fsp3) is 0.714. The molecule has 2 unspecified atom stereocenters. The number of carbonyl (C=O) groups is 4. The molecule has 0 aliphatic rings. The number of carbonyl (C=O) groups excluding carboxylic acids is 4. The second-order valence-corrected chi connectivity index (χ2v) is 5.05. The van der Waals surface area contributed by atoms with E-state index >= 15 is 0 Å². The molecule has 0 amide bonds. The number of hydrogen-bond acceptors (Lipinski definition) is 4. The molecular formula is C14H22O4. The van der Waals surface area contributed by atoms with E-state index in [0.29, 0.717) is 0 Å². The number of ketones is 4. The van der Waals surface area contributed by atoms with Crippen molar-refractivity contribution in [2.75, 3.05) is 0 Å². The van der Waals surface area contributed by atoms with Gasteiger partial charge in [-0.05, 0) is 13.8 Å². The summed E-state index contributed by atoms with van der Waals surface area (Å²) in [4.78, 5) is 45.1. The molecule has 4 heteroatoms. The highest BCUT2D eigenvalue weighted by Crippen LogP contribution is 2.13. The van der Waals surface area contributed by atoms with E-state index < -0.39 is 0 Å². The third kappa shape index (κ3) is 7.09. The molecule has 0 fully saturated rings. The summed E-state index contributed by atoms with van der Waals surface area (Å²) in [6.45, 7) is 6.30. The molecule has 0 bridgehead atoms. The van der Waals surface area contributed by atoms with Crippen LogP contribution in [0.1, 0.15) is 53.4 Å². The fourth-order valence-electron chi connectivity index (χ4n) is 1.83. The first-order valence-electron chi connectivity index (χ1n) is 6.28. The Kier molecular flexibility index (Phi) is 7.32. The van der Waals surface area contributed by atoms with Crippen LogP contribution in [0.4, 0.5) is 0 Å². The van der Waals surface area contributed by atoms with E-state index in [1.165, 1.54) is 13.8 Å². The minimum absolute atomic E-state index is 0.0212. The fourth-order valence-corrected chi connectivity index (χ4v) is 1.83. The molecule has 0 radical (unpaired) electrons. The van der Waals surface area contributed by atoms with Crippen molar-refractivity contribution >= 4 is 23.1 Å². The zero-order chi connectivity index (χ0) is 14.3. The van der Waals surface area contributed by atoms with Crippen molar-refractivity contribution in [1.82, 2.24) is 0 Å². The Morgan fingerprint density at radius 3 is 1.22 bits per heavy atom. The Labute approximate surface area is 108 Å². The topological polar surface area (TPSA) is 68.3 Å². The highest BCUT2D eigenvalue weighted by Gasteiger charge is 2.19. The zero-order valence-electron chi connectivity index (χ0n) is 11.6. The largest absolute Gasteiger partial charge is 0.300 e. The van der Waals surface area contributed by atoms with Crippen LogP contribution in [0.2, 0.25) is 0 Å². The lowest BCUT2D eigenvalue weighted by Crippen LogP contribution is -2.18. The quantitative estimate of drug-likeness (QED) is 0.632. The van der Waals surface area contributed by atoms with E-state index in [-0.39, 0.29) is 60.7 Å². The van der Waals surface area contributed by atoms with Crippen LogP contribution in [0.5, 0.6) is 0 Å². The van der Waals surface area contributed by atoms with E-state index in [0.717, 1.165) is 0 Å². The van der Waals surface area contributed by atoms with Gasteiger partial charge in [-0.25, -0.2) is 0 Å². The summed E-state index contributed by atoms with van der Waals surface area (Å²) in [6.07, 6.45) is 0.789. The normalized spacial score (nSPS) is 13.8. The predicted molar refractivity (Wildman–Crippen MR) is 68.2 cm³/mol. The lowest BCUT2D eigenvalue weighted by Gasteiger charge is -2.10. The van der Waals surface area contributed by atoms with Crippen molar-refractivity contribution in [3.63, 3.8) is 0 Å². The van der Waals surface area contributed by atoms with Crippen LogP contribution in [0.3, 0.4) is 0 Å². The summed E-state index contributed by atoms with van der Waals surface area (Å²) >= 11 is 0. The van der Waals surface area contributed by atoms with E-state index in [1.807, 2.05) is 0 Å². The first-order chi connectivity index (χ1) is 8.23. The van der Waals surface area contributed by atoms with Gasteiger partial charge in [0.05, 0.1) is 0 Å². The molecule has 0 rings (SSSR count). The van der Waals surface area contributed by atoms with Gasteiger partial charge in [0.2, 0.25) is 0 Å². The van der Waals surface area contributed by atoms with Crippen LogP contribution in [-0.4, -0.2) is 23.1 Å². The highest BCUT2D eigenvalue weighted by molar-refractivity contribution is 5.91. The Hall–Kier alpha value is -1.32. The first-order valence-corrected chi connectivity index (χ1v) is 6.28. The zero-order valence-corrected chi connectivity index (χ0v) is 11.6.